The number of carbonyl (C=O) groups is 1. The van der Waals surface area contributed by atoms with Crippen LogP contribution < -0.4 is 0 Å². The number of pyridine rings is 1. The number of hydrogen-bond donors (Lipinski definition) is 0. The van der Waals surface area contributed by atoms with Crippen LogP contribution in [0, 0.1) is 0 Å². The maximum absolute atomic E-state index is 11.0. The van der Waals surface area contributed by atoms with Crippen LogP contribution in [0.3, 0.4) is 0 Å². The van der Waals surface area contributed by atoms with E-state index in [9.17, 15) is 4.79 Å². The van der Waals surface area contributed by atoms with Gasteiger partial charge in [0.25, 0.3) is 0 Å². The lowest BCUT2D eigenvalue weighted by molar-refractivity contribution is -0.137. The van der Waals surface area contributed by atoms with Crippen LogP contribution in [0.5, 0.6) is 0 Å². The van der Waals surface area contributed by atoms with Gasteiger partial charge >= 0.3 is 5.97 Å². The lowest BCUT2D eigenvalue weighted by atomic mass is 9.98. The molecule has 3 nitrogen and oxygen atoms in total. The molecular weight excluding hydrogens is 490 g/mol. The predicted octanol–water partition coefficient (Wildman–Crippen LogP) is 11.2. The molecule has 0 bridgehead atoms. The average molecular weight is 548 g/mol. The summed E-state index contributed by atoms with van der Waals surface area (Å²) in [6.07, 6.45) is 34.4. The summed E-state index contributed by atoms with van der Waals surface area (Å²) in [5.74, 6) is -0.316. The molecule has 38 heavy (non-hydrogen) atoms. The molecule has 0 spiro atoms. The number of aromatic nitrogens is 1. The first-order valence-corrected chi connectivity index (χ1v) is 16.5. The molecule has 1 aromatic heterocycles. The van der Waals surface area contributed by atoms with E-state index in [1.54, 1.807) is 0 Å². The third-order valence-electron chi connectivity index (χ3n) is 7.63. The molecule has 0 unspecified atom stereocenters. The van der Waals surface area contributed by atoms with Crippen LogP contribution >= 0.6 is 11.6 Å². The molecule has 0 aliphatic carbocycles. The van der Waals surface area contributed by atoms with Crippen LogP contribution in [0.4, 0.5) is 0 Å². The van der Waals surface area contributed by atoms with Crippen LogP contribution in [0.1, 0.15) is 159 Å². The fourth-order valence-electron chi connectivity index (χ4n) is 5.21. The molecule has 0 fully saturated rings. The molecule has 0 amide bonds. The van der Waals surface area contributed by atoms with Crippen LogP contribution in [-0.2, 0) is 22.4 Å². The fraction of sp³-hybridized carbons (Fsp3) is 0.765. The number of rotatable bonds is 27. The molecule has 0 saturated carbocycles. The highest BCUT2D eigenvalue weighted by Gasteiger charge is 2.08. The van der Waals surface area contributed by atoms with Crippen molar-refractivity contribution in [3.8, 4) is 0 Å². The molecule has 1 aromatic rings. The van der Waals surface area contributed by atoms with Gasteiger partial charge in [-0.05, 0) is 49.3 Å². The maximum atomic E-state index is 11.0. The number of nitrogens with zero attached hydrogens (tertiary/aromatic N) is 1. The Balaban J connectivity index is 2.03. The minimum atomic E-state index is -0.316. The van der Waals surface area contributed by atoms with Gasteiger partial charge in [-0.15, -0.1) is 0 Å². The predicted molar refractivity (Wildman–Crippen MR) is 165 cm³/mol. The minimum absolute atomic E-state index is 0.316. The maximum Gasteiger partial charge on any atom is 0.330 e. The van der Waals surface area contributed by atoms with Crippen molar-refractivity contribution < 1.29 is 9.53 Å². The van der Waals surface area contributed by atoms with E-state index in [1.807, 2.05) is 6.20 Å². The summed E-state index contributed by atoms with van der Waals surface area (Å²) in [6.45, 7) is 6.21. The highest BCUT2D eigenvalue weighted by molar-refractivity contribution is 6.30. The molecule has 0 atom stereocenters. The molecule has 0 saturated heterocycles. The van der Waals surface area contributed by atoms with Crippen LogP contribution in [0.2, 0.25) is 5.15 Å². The topological polar surface area (TPSA) is 39.2 Å². The van der Waals surface area contributed by atoms with E-state index in [2.05, 4.69) is 24.6 Å². The minimum Gasteiger partial charge on any atom is -0.463 e. The van der Waals surface area contributed by atoms with Crippen molar-refractivity contribution in [2.45, 2.75) is 161 Å². The first-order chi connectivity index (χ1) is 18.7. The van der Waals surface area contributed by atoms with E-state index in [0.29, 0.717) is 6.61 Å². The zero-order valence-electron chi connectivity index (χ0n) is 24.8. The largest absolute Gasteiger partial charge is 0.463 e. The van der Waals surface area contributed by atoms with E-state index >= 15 is 0 Å². The summed E-state index contributed by atoms with van der Waals surface area (Å²) in [4.78, 5) is 15.4. The zero-order valence-corrected chi connectivity index (χ0v) is 25.5. The van der Waals surface area contributed by atoms with Crippen LogP contribution in [0.15, 0.2) is 24.9 Å². The van der Waals surface area contributed by atoms with Gasteiger partial charge < -0.3 is 4.74 Å². The monoisotopic (exact) mass is 547 g/mol. The quantitative estimate of drug-likeness (QED) is 0.0475. The number of ether oxygens (including phenoxy) is 1. The van der Waals surface area contributed by atoms with Crippen molar-refractivity contribution in [2.75, 3.05) is 6.61 Å². The molecule has 0 aliphatic heterocycles. The Morgan fingerprint density at radius 2 is 1.18 bits per heavy atom. The molecule has 1 rings (SSSR count). The van der Waals surface area contributed by atoms with Crippen molar-refractivity contribution in [3.05, 3.63) is 41.2 Å². The van der Waals surface area contributed by atoms with E-state index in [4.69, 9.17) is 16.3 Å². The lowest BCUT2D eigenvalue weighted by Crippen LogP contribution is -2.01. The first-order valence-electron chi connectivity index (χ1n) is 16.1. The highest BCUT2D eigenvalue weighted by Crippen LogP contribution is 2.23. The Bertz CT molecular complexity index is 706. The van der Waals surface area contributed by atoms with Gasteiger partial charge in [-0.3, -0.25) is 0 Å². The van der Waals surface area contributed by atoms with Crippen molar-refractivity contribution in [3.63, 3.8) is 0 Å². The summed E-state index contributed by atoms with van der Waals surface area (Å²) >= 11 is 6.50. The van der Waals surface area contributed by atoms with E-state index < -0.39 is 0 Å². The Kier molecular flexibility index (Phi) is 23.6. The van der Waals surface area contributed by atoms with Gasteiger partial charge in [0.2, 0.25) is 0 Å². The second-order valence-electron chi connectivity index (χ2n) is 11.0. The number of carbonyl (C=O) groups excluding carboxylic acids is 1. The summed E-state index contributed by atoms with van der Waals surface area (Å²) in [7, 11) is 0. The number of esters is 1. The Labute approximate surface area is 240 Å². The number of unbranched alkanes of at least 4 members (excludes halogenated alkanes) is 20. The van der Waals surface area contributed by atoms with E-state index in [1.165, 1.54) is 146 Å². The Hall–Kier alpha value is -1.35. The summed E-state index contributed by atoms with van der Waals surface area (Å²) < 4.78 is 5.01. The second kappa shape index (κ2) is 25.9. The molecule has 0 N–H and O–H groups in total. The molecule has 0 radical (unpaired) electrons. The molecule has 218 valence electrons. The lowest BCUT2D eigenvalue weighted by Gasteiger charge is -2.11. The fourth-order valence-corrected chi connectivity index (χ4v) is 5.48. The molecule has 0 aromatic carbocycles. The van der Waals surface area contributed by atoms with Crippen LogP contribution in [-0.4, -0.2) is 17.6 Å². The van der Waals surface area contributed by atoms with Crippen molar-refractivity contribution in [2.24, 2.45) is 0 Å². The van der Waals surface area contributed by atoms with Gasteiger partial charge in [0.1, 0.15) is 5.15 Å². The second-order valence-corrected chi connectivity index (χ2v) is 11.4. The van der Waals surface area contributed by atoms with Crippen molar-refractivity contribution in [1.82, 2.24) is 4.98 Å². The number of hydrogen-bond acceptors (Lipinski definition) is 3. The van der Waals surface area contributed by atoms with E-state index in [-0.39, 0.29) is 5.97 Å². The number of halogens is 1. The molecule has 1 heterocycles. The van der Waals surface area contributed by atoms with E-state index in [0.717, 1.165) is 30.8 Å². The van der Waals surface area contributed by atoms with Crippen LogP contribution in [0.25, 0.3) is 0 Å². The third kappa shape index (κ3) is 19.7. The van der Waals surface area contributed by atoms with Gasteiger partial charge in [0.05, 0.1) is 6.61 Å². The standard InChI is InChI=1S/C34H58ClNO2/c1-3-5-6-7-8-9-10-11-12-13-14-18-21-24-27-32-31(28-29-36-34(32)35)26-23-20-17-15-16-19-22-25-30-38-33(37)4-2/h4,28-29H,2-3,5-27,30H2,1H3. The normalized spacial score (nSPS) is 11.1. The molecule has 4 heteroatoms. The zero-order chi connectivity index (χ0) is 27.5. The van der Waals surface area contributed by atoms with Gasteiger partial charge in [-0.25, -0.2) is 9.78 Å². The van der Waals surface area contributed by atoms with Crippen molar-refractivity contribution in [1.29, 1.82) is 0 Å². The summed E-state index contributed by atoms with van der Waals surface area (Å²) in [6, 6.07) is 2.18. The van der Waals surface area contributed by atoms with Gasteiger partial charge in [0, 0.05) is 12.3 Å². The number of aryl methyl sites for hydroxylation is 1. The molecule has 0 aliphatic rings. The Morgan fingerprint density at radius 3 is 1.68 bits per heavy atom. The van der Waals surface area contributed by atoms with Gasteiger partial charge in [0.15, 0.2) is 0 Å². The first kappa shape index (κ1) is 34.7. The smallest absolute Gasteiger partial charge is 0.330 e. The van der Waals surface area contributed by atoms with Gasteiger partial charge in [-0.1, -0.05) is 147 Å². The summed E-state index contributed by atoms with van der Waals surface area (Å²) in [5, 5.41) is 0.718. The summed E-state index contributed by atoms with van der Waals surface area (Å²) in [5.41, 5.74) is 2.71. The SMILES string of the molecule is C=CC(=O)OCCCCCCCCCCc1ccnc(Cl)c1CCCCCCCCCCCCCCCC. The Morgan fingerprint density at radius 1 is 0.737 bits per heavy atom. The van der Waals surface area contributed by atoms with Gasteiger partial charge in [-0.2, -0.15) is 0 Å². The van der Waals surface area contributed by atoms with Crippen molar-refractivity contribution >= 4 is 17.6 Å². The third-order valence-corrected chi connectivity index (χ3v) is 7.96. The molecular formula is C34H58ClNO2. The highest BCUT2D eigenvalue weighted by atomic mass is 35.5. The average Bonchev–Trinajstić information content (AvgIpc) is 2.92.